The molecule has 0 bridgehead atoms. The Bertz CT molecular complexity index is 370. The lowest BCUT2D eigenvalue weighted by Crippen LogP contribution is -2.25. The van der Waals surface area contributed by atoms with Gasteiger partial charge in [0, 0.05) is 19.2 Å². The molecule has 0 radical (unpaired) electrons. The number of ether oxygens (including phenoxy) is 1. The third-order valence-electron chi connectivity index (χ3n) is 2.68. The van der Waals surface area contributed by atoms with Gasteiger partial charge in [-0.05, 0) is 37.5 Å². The van der Waals surface area contributed by atoms with Crippen molar-refractivity contribution in [2.45, 2.75) is 32.4 Å². The summed E-state index contributed by atoms with van der Waals surface area (Å²) in [5.41, 5.74) is 1.18. The van der Waals surface area contributed by atoms with Crippen LogP contribution in [0.15, 0.2) is 24.3 Å². The summed E-state index contributed by atoms with van der Waals surface area (Å²) in [4.78, 5) is 0. The van der Waals surface area contributed by atoms with Gasteiger partial charge in [0.15, 0.2) is 6.61 Å². The van der Waals surface area contributed by atoms with Crippen LogP contribution in [0.4, 0.5) is 0 Å². The number of rotatable bonds is 8. The molecule has 0 saturated carbocycles. The summed E-state index contributed by atoms with van der Waals surface area (Å²) >= 11 is 0. The normalized spacial score (nSPS) is 11.8. The van der Waals surface area contributed by atoms with Gasteiger partial charge in [-0.1, -0.05) is 12.1 Å². The zero-order valence-electron chi connectivity index (χ0n) is 10.7. The van der Waals surface area contributed by atoms with Crippen LogP contribution in [0.25, 0.3) is 0 Å². The van der Waals surface area contributed by atoms with Gasteiger partial charge in [0.1, 0.15) is 11.8 Å². The molecule has 1 unspecified atom stereocenters. The minimum atomic E-state index is 0.0792. The van der Waals surface area contributed by atoms with Gasteiger partial charge in [-0.15, -0.1) is 0 Å². The van der Waals surface area contributed by atoms with Crippen molar-refractivity contribution >= 4 is 0 Å². The Morgan fingerprint density at radius 3 is 2.72 bits per heavy atom. The topological polar surface area (TPSA) is 65.3 Å². The molecule has 98 valence electrons. The first-order valence-corrected chi connectivity index (χ1v) is 6.19. The maximum atomic E-state index is 8.74. The Hall–Kier alpha value is -1.57. The summed E-state index contributed by atoms with van der Waals surface area (Å²) in [7, 11) is 0. The van der Waals surface area contributed by atoms with Crippen molar-refractivity contribution in [3.8, 4) is 11.8 Å². The Kier molecular flexibility index (Phi) is 6.85. The van der Waals surface area contributed by atoms with Crippen LogP contribution in [-0.2, 0) is 6.54 Å². The van der Waals surface area contributed by atoms with Crippen molar-refractivity contribution in [3.63, 3.8) is 0 Å². The molecule has 2 N–H and O–H groups in total. The number of nitrogens with one attached hydrogen (secondary N) is 1. The number of nitriles is 1. The zero-order chi connectivity index (χ0) is 13.2. The van der Waals surface area contributed by atoms with E-state index < -0.39 is 0 Å². The smallest absolute Gasteiger partial charge is 0.174 e. The van der Waals surface area contributed by atoms with Gasteiger partial charge >= 0.3 is 0 Å². The third-order valence-corrected chi connectivity index (χ3v) is 2.68. The predicted octanol–water partition coefficient (Wildman–Crippen LogP) is 1.84. The Morgan fingerprint density at radius 2 is 2.11 bits per heavy atom. The van der Waals surface area contributed by atoms with Crippen LogP contribution in [-0.4, -0.2) is 24.4 Å². The lowest BCUT2D eigenvalue weighted by atomic mass is 10.1. The van der Waals surface area contributed by atoms with Crippen LogP contribution in [0.5, 0.6) is 5.75 Å². The van der Waals surface area contributed by atoms with Crippen LogP contribution in [0.3, 0.4) is 0 Å². The third kappa shape index (κ3) is 5.67. The molecule has 1 aromatic carbocycles. The van der Waals surface area contributed by atoms with Crippen LogP contribution < -0.4 is 10.1 Å². The van der Waals surface area contributed by atoms with Gasteiger partial charge in [0.05, 0.1) is 0 Å². The first kappa shape index (κ1) is 14.5. The highest BCUT2D eigenvalue weighted by Crippen LogP contribution is 2.12. The van der Waals surface area contributed by atoms with E-state index in [1.165, 1.54) is 5.56 Å². The fraction of sp³-hybridized carbons (Fsp3) is 0.500. The SMILES string of the molecule is CC(CCCO)NCc1ccc(OCC#N)cc1. The molecular weight excluding hydrogens is 228 g/mol. The van der Waals surface area contributed by atoms with E-state index in [2.05, 4.69) is 12.2 Å². The lowest BCUT2D eigenvalue weighted by molar-refractivity contribution is 0.276. The van der Waals surface area contributed by atoms with E-state index in [9.17, 15) is 0 Å². The van der Waals surface area contributed by atoms with Crippen molar-refractivity contribution in [1.29, 1.82) is 5.26 Å². The molecule has 0 saturated heterocycles. The number of aliphatic hydroxyl groups is 1. The van der Waals surface area contributed by atoms with Gasteiger partial charge < -0.3 is 15.2 Å². The Balaban J connectivity index is 2.32. The molecular formula is C14H20N2O2. The minimum absolute atomic E-state index is 0.0792. The van der Waals surface area contributed by atoms with Gasteiger partial charge in [-0.3, -0.25) is 0 Å². The second kappa shape index (κ2) is 8.51. The molecule has 0 heterocycles. The fourth-order valence-corrected chi connectivity index (χ4v) is 1.61. The molecule has 0 aromatic heterocycles. The standard InChI is InChI=1S/C14H20N2O2/c1-12(3-2-9-17)16-11-13-4-6-14(7-5-13)18-10-8-15/h4-7,12,16-17H,2-3,9-11H2,1H3. The number of benzene rings is 1. The zero-order valence-corrected chi connectivity index (χ0v) is 10.7. The van der Waals surface area contributed by atoms with E-state index in [1.54, 1.807) is 0 Å². The molecule has 4 heteroatoms. The molecule has 0 aliphatic rings. The van der Waals surface area contributed by atoms with Gasteiger partial charge in [0.2, 0.25) is 0 Å². The van der Waals surface area contributed by atoms with Crippen molar-refractivity contribution < 1.29 is 9.84 Å². The summed E-state index contributed by atoms with van der Waals surface area (Å²) in [5, 5.41) is 20.5. The summed E-state index contributed by atoms with van der Waals surface area (Å²) in [6, 6.07) is 10.0. The van der Waals surface area contributed by atoms with E-state index in [4.69, 9.17) is 15.1 Å². The van der Waals surface area contributed by atoms with Gasteiger partial charge in [-0.25, -0.2) is 0 Å². The fourth-order valence-electron chi connectivity index (χ4n) is 1.61. The predicted molar refractivity (Wildman–Crippen MR) is 70.2 cm³/mol. The highest BCUT2D eigenvalue weighted by molar-refractivity contribution is 5.27. The molecule has 1 atom stereocenters. The van der Waals surface area contributed by atoms with Gasteiger partial charge in [0.25, 0.3) is 0 Å². The summed E-state index contributed by atoms with van der Waals surface area (Å²) in [6.45, 7) is 3.23. The first-order chi connectivity index (χ1) is 8.76. The number of hydrogen-bond acceptors (Lipinski definition) is 4. The molecule has 1 rings (SSSR count). The van der Waals surface area contributed by atoms with Crippen molar-refractivity contribution in [2.75, 3.05) is 13.2 Å². The highest BCUT2D eigenvalue weighted by Gasteiger charge is 2.01. The molecule has 1 aromatic rings. The number of aliphatic hydroxyl groups excluding tert-OH is 1. The van der Waals surface area contributed by atoms with E-state index in [0.29, 0.717) is 11.8 Å². The molecule has 0 aliphatic heterocycles. The van der Waals surface area contributed by atoms with Crippen LogP contribution in [0.1, 0.15) is 25.3 Å². The maximum absolute atomic E-state index is 8.74. The Morgan fingerprint density at radius 1 is 1.39 bits per heavy atom. The summed E-state index contributed by atoms with van der Waals surface area (Å²) in [6.07, 6.45) is 1.80. The highest BCUT2D eigenvalue weighted by atomic mass is 16.5. The molecule has 0 amide bonds. The van der Waals surface area contributed by atoms with Gasteiger partial charge in [-0.2, -0.15) is 5.26 Å². The number of hydrogen-bond donors (Lipinski definition) is 2. The number of nitrogens with zero attached hydrogens (tertiary/aromatic N) is 1. The monoisotopic (exact) mass is 248 g/mol. The van der Waals surface area contributed by atoms with Crippen molar-refractivity contribution in [1.82, 2.24) is 5.32 Å². The van der Waals surface area contributed by atoms with Crippen molar-refractivity contribution in [2.24, 2.45) is 0 Å². The largest absolute Gasteiger partial charge is 0.479 e. The van der Waals surface area contributed by atoms with Crippen LogP contribution in [0, 0.1) is 11.3 Å². The molecule has 0 fully saturated rings. The quantitative estimate of drug-likeness (QED) is 0.736. The average molecular weight is 248 g/mol. The molecule has 4 nitrogen and oxygen atoms in total. The summed E-state index contributed by atoms with van der Waals surface area (Å²) in [5.74, 6) is 0.716. The Labute approximate surface area is 108 Å². The van der Waals surface area contributed by atoms with E-state index >= 15 is 0 Å². The molecule has 18 heavy (non-hydrogen) atoms. The first-order valence-electron chi connectivity index (χ1n) is 6.19. The van der Waals surface area contributed by atoms with Crippen molar-refractivity contribution in [3.05, 3.63) is 29.8 Å². The second-order valence-corrected chi connectivity index (χ2v) is 4.24. The second-order valence-electron chi connectivity index (χ2n) is 4.24. The van der Waals surface area contributed by atoms with E-state index in [-0.39, 0.29) is 13.2 Å². The maximum Gasteiger partial charge on any atom is 0.174 e. The van der Waals surface area contributed by atoms with E-state index in [1.807, 2.05) is 30.3 Å². The molecule has 0 aliphatic carbocycles. The van der Waals surface area contributed by atoms with Crippen LogP contribution >= 0.6 is 0 Å². The summed E-state index contributed by atoms with van der Waals surface area (Å²) < 4.78 is 5.18. The average Bonchev–Trinajstić information content (AvgIpc) is 2.41. The van der Waals surface area contributed by atoms with Crippen LogP contribution in [0.2, 0.25) is 0 Å². The molecule has 0 spiro atoms. The van der Waals surface area contributed by atoms with E-state index in [0.717, 1.165) is 19.4 Å². The minimum Gasteiger partial charge on any atom is -0.479 e. The lowest BCUT2D eigenvalue weighted by Gasteiger charge is -2.13.